The average molecular weight is 327 g/mol. The van der Waals surface area contributed by atoms with Gasteiger partial charge in [-0.25, -0.2) is 0 Å². The molecule has 1 atom stereocenters. The van der Waals surface area contributed by atoms with Crippen LogP contribution in [0.5, 0.6) is 11.5 Å². The van der Waals surface area contributed by atoms with Gasteiger partial charge in [0.1, 0.15) is 0 Å². The summed E-state index contributed by atoms with van der Waals surface area (Å²) in [4.78, 5) is 0. The largest absolute Gasteiger partial charge is 0.493 e. The van der Waals surface area contributed by atoms with Crippen LogP contribution in [0.15, 0.2) is 48.5 Å². The van der Waals surface area contributed by atoms with Gasteiger partial charge in [-0.2, -0.15) is 0 Å². The first kappa shape index (κ1) is 18.3. The monoisotopic (exact) mass is 327 g/mol. The smallest absolute Gasteiger partial charge is 0.166 e. The topological polar surface area (TPSA) is 30.5 Å². The molecule has 0 aliphatic rings. The van der Waals surface area contributed by atoms with E-state index in [-0.39, 0.29) is 6.10 Å². The second kappa shape index (κ2) is 9.99. The number of methoxy groups -OCH3 is 1. The maximum atomic E-state index is 6.08. The van der Waals surface area contributed by atoms with Crippen LogP contribution in [-0.2, 0) is 13.0 Å². The Morgan fingerprint density at radius 2 is 1.83 bits per heavy atom. The number of aryl methyl sites for hydroxylation is 1. The third-order valence-electron chi connectivity index (χ3n) is 4.15. The van der Waals surface area contributed by atoms with E-state index >= 15 is 0 Å². The van der Waals surface area contributed by atoms with E-state index in [0.717, 1.165) is 49.4 Å². The van der Waals surface area contributed by atoms with E-state index in [2.05, 4.69) is 55.6 Å². The molecule has 1 N–H and O–H groups in total. The summed E-state index contributed by atoms with van der Waals surface area (Å²) in [6, 6.07) is 16.7. The lowest BCUT2D eigenvalue weighted by Crippen LogP contribution is -2.18. The molecule has 130 valence electrons. The van der Waals surface area contributed by atoms with E-state index < -0.39 is 0 Å². The molecule has 0 heterocycles. The summed E-state index contributed by atoms with van der Waals surface area (Å²) in [6.07, 6.45) is 3.37. The molecule has 0 aliphatic heterocycles. The first-order valence-corrected chi connectivity index (χ1v) is 8.81. The number of hydrogen-bond donors (Lipinski definition) is 1. The number of ether oxygens (including phenoxy) is 2. The molecular weight excluding hydrogens is 298 g/mol. The van der Waals surface area contributed by atoms with Crippen molar-refractivity contribution in [1.82, 2.24) is 5.32 Å². The average Bonchev–Trinajstić information content (AvgIpc) is 2.63. The van der Waals surface area contributed by atoms with Crippen molar-refractivity contribution in [2.45, 2.75) is 45.8 Å². The zero-order valence-electron chi connectivity index (χ0n) is 15.0. The molecule has 0 saturated heterocycles. The van der Waals surface area contributed by atoms with Crippen molar-refractivity contribution in [2.75, 3.05) is 13.7 Å². The molecule has 3 nitrogen and oxygen atoms in total. The van der Waals surface area contributed by atoms with Crippen molar-refractivity contribution in [3.63, 3.8) is 0 Å². The van der Waals surface area contributed by atoms with Gasteiger partial charge >= 0.3 is 0 Å². The number of benzene rings is 2. The molecular formula is C21H29NO2. The van der Waals surface area contributed by atoms with Gasteiger partial charge in [0, 0.05) is 12.1 Å². The molecule has 2 aromatic rings. The molecule has 2 aromatic carbocycles. The van der Waals surface area contributed by atoms with Gasteiger partial charge in [-0.1, -0.05) is 49.4 Å². The summed E-state index contributed by atoms with van der Waals surface area (Å²) in [6.45, 7) is 5.98. The summed E-state index contributed by atoms with van der Waals surface area (Å²) in [5.74, 6) is 1.67. The highest BCUT2D eigenvalue weighted by Gasteiger charge is 2.12. The standard InChI is InChI=1S/C21H29NO2/c1-4-17(2)24-21-19(13-8-14-20(21)23-3)16-22-15-9-12-18-10-6-5-7-11-18/h5-8,10-11,13-14,17,22H,4,9,12,15-16H2,1-3H3. The van der Waals surface area contributed by atoms with E-state index in [9.17, 15) is 0 Å². The van der Waals surface area contributed by atoms with E-state index in [4.69, 9.17) is 9.47 Å². The minimum atomic E-state index is 0.179. The van der Waals surface area contributed by atoms with Crippen molar-refractivity contribution in [2.24, 2.45) is 0 Å². The van der Waals surface area contributed by atoms with Gasteiger partial charge < -0.3 is 14.8 Å². The van der Waals surface area contributed by atoms with Gasteiger partial charge in [0.2, 0.25) is 0 Å². The fourth-order valence-corrected chi connectivity index (χ4v) is 2.56. The molecule has 3 heteroatoms. The van der Waals surface area contributed by atoms with E-state index in [1.54, 1.807) is 7.11 Å². The van der Waals surface area contributed by atoms with Gasteiger partial charge in [-0.3, -0.25) is 0 Å². The van der Waals surface area contributed by atoms with Crippen molar-refractivity contribution in [1.29, 1.82) is 0 Å². The van der Waals surface area contributed by atoms with Crippen LogP contribution in [0, 0.1) is 0 Å². The lowest BCUT2D eigenvalue weighted by atomic mass is 10.1. The maximum Gasteiger partial charge on any atom is 0.166 e. The summed E-state index contributed by atoms with van der Waals surface area (Å²) in [5, 5.41) is 3.52. The maximum absolute atomic E-state index is 6.08. The van der Waals surface area contributed by atoms with Crippen LogP contribution in [0.2, 0.25) is 0 Å². The van der Waals surface area contributed by atoms with Gasteiger partial charge in [0.25, 0.3) is 0 Å². The first-order chi connectivity index (χ1) is 11.7. The summed E-state index contributed by atoms with van der Waals surface area (Å²) >= 11 is 0. The zero-order valence-corrected chi connectivity index (χ0v) is 15.0. The third kappa shape index (κ3) is 5.57. The summed E-state index contributed by atoms with van der Waals surface area (Å²) in [5.41, 5.74) is 2.54. The fourth-order valence-electron chi connectivity index (χ4n) is 2.56. The van der Waals surface area contributed by atoms with Crippen LogP contribution in [0.1, 0.15) is 37.8 Å². The SMILES string of the molecule is CCC(C)Oc1c(CNCCCc2ccccc2)cccc1OC. The molecule has 0 aliphatic carbocycles. The van der Waals surface area contributed by atoms with Crippen LogP contribution < -0.4 is 14.8 Å². The Hall–Kier alpha value is -2.00. The zero-order chi connectivity index (χ0) is 17.2. The normalized spacial score (nSPS) is 12.0. The van der Waals surface area contributed by atoms with E-state index in [1.165, 1.54) is 5.56 Å². The minimum absolute atomic E-state index is 0.179. The van der Waals surface area contributed by atoms with Crippen LogP contribution in [0.3, 0.4) is 0 Å². The lowest BCUT2D eigenvalue weighted by Gasteiger charge is -2.19. The Morgan fingerprint density at radius 3 is 2.54 bits per heavy atom. The Morgan fingerprint density at radius 1 is 1.04 bits per heavy atom. The van der Waals surface area contributed by atoms with Crippen molar-refractivity contribution < 1.29 is 9.47 Å². The molecule has 0 saturated carbocycles. The van der Waals surface area contributed by atoms with Crippen LogP contribution in [0.4, 0.5) is 0 Å². The summed E-state index contributed by atoms with van der Waals surface area (Å²) in [7, 11) is 1.69. The molecule has 0 fully saturated rings. The van der Waals surface area contributed by atoms with Gasteiger partial charge in [-0.15, -0.1) is 0 Å². The second-order valence-electron chi connectivity index (χ2n) is 6.05. The van der Waals surface area contributed by atoms with Crippen LogP contribution in [0.25, 0.3) is 0 Å². The third-order valence-corrected chi connectivity index (χ3v) is 4.15. The molecule has 0 amide bonds. The van der Waals surface area contributed by atoms with Gasteiger partial charge in [-0.05, 0) is 44.4 Å². The molecule has 0 radical (unpaired) electrons. The second-order valence-corrected chi connectivity index (χ2v) is 6.05. The summed E-state index contributed by atoms with van der Waals surface area (Å²) < 4.78 is 11.5. The fraction of sp³-hybridized carbons (Fsp3) is 0.429. The van der Waals surface area contributed by atoms with Crippen molar-refractivity contribution in [3.8, 4) is 11.5 Å². The molecule has 0 aromatic heterocycles. The molecule has 1 unspecified atom stereocenters. The highest BCUT2D eigenvalue weighted by Crippen LogP contribution is 2.32. The van der Waals surface area contributed by atoms with Crippen LogP contribution >= 0.6 is 0 Å². The van der Waals surface area contributed by atoms with E-state index in [1.807, 2.05) is 12.1 Å². The van der Waals surface area contributed by atoms with Gasteiger partial charge in [0.15, 0.2) is 11.5 Å². The number of nitrogens with one attached hydrogen (secondary N) is 1. The highest BCUT2D eigenvalue weighted by atomic mass is 16.5. The molecule has 0 spiro atoms. The minimum Gasteiger partial charge on any atom is -0.493 e. The predicted molar refractivity (Wildman–Crippen MR) is 99.8 cm³/mol. The quantitative estimate of drug-likeness (QED) is 0.647. The number of hydrogen-bond acceptors (Lipinski definition) is 3. The lowest BCUT2D eigenvalue weighted by molar-refractivity contribution is 0.205. The van der Waals surface area contributed by atoms with Crippen LogP contribution in [-0.4, -0.2) is 19.8 Å². The number of rotatable bonds is 10. The van der Waals surface area contributed by atoms with E-state index in [0.29, 0.717) is 0 Å². The van der Waals surface area contributed by atoms with Crippen molar-refractivity contribution >= 4 is 0 Å². The Bertz CT molecular complexity index is 598. The molecule has 0 bridgehead atoms. The Labute approximate surface area is 146 Å². The number of para-hydroxylation sites is 1. The van der Waals surface area contributed by atoms with Gasteiger partial charge in [0.05, 0.1) is 13.2 Å². The first-order valence-electron chi connectivity index (χ1n) is 8.81. The Kier molecular flexibility index (Phi) is 7.63. The highest BCUT2D eigenvalue weighted by molar-refractivity contribution is 5.46. The molecule has 2 rings (SSSR count). The Balaban J connectivity index is 1.87. The van der Waals surface area contributed by atoms with Crippen molar-refractivity contribution in [3.05, 3.63) is 59.7 Å². The predicted octanol–water partition coefficient (Wildman–Crippen LogP) is 4.59. The molecule has 24 heavy (non-hydrogen) atoms.